The molecule has 174 valence electrons. The van der Waals surface area contributed by atoms with E-state index in [0.29, 0.717) is 37.2 Å². The van der Waals surface area contributed by atoms with Crippen LogP contribution in [0.15, 0.2) is 53.2 Å². The average molecular weight is 454 g/mol. The lowest BCUT2D eigenvalue weighted by atomic mass is 9.93. The average Bonchev–Trinajstić information content (AvgIpc) is 2.80. The first-order valence-corrected chi connectivity index (χ1v) is 10.9. The lowest BCUT2D eigenvalue weighted by Gasteiger charge is -2.29. The van der Waals surface area contributed by atoms with Gasteiger partial charge in [-0.15, -0.1) is 0 Å². The zero-order valence-electron chi connectivity index (χ0n) is 18.9. The van der Waals surface area contributed by atoms with Crippen LogP contribution >= 0.6 is 0 Å². The van der Waals surface area contributed by atoms with Crippen molar-refractivity contribution in [1.29, 1.82) is 0 Å². The van der Waals surface area contributed by atoms with Crippen molar-refractivity contribution in [2.75, 3.05) is 18.5 Å². The van der Waals surface area contributed by atoms with E-state index in [9.17, 15) is 4.39 Å². The van der Waals surface area contributed by atoms with Crippen LogP contribution in [0.2, 0.25) is 0 Å². The second-order valence-corrected chi connectivity index (χ2v) is 8.10. The number of anilines is 1. The smallest absolute Gasteiger partial charge is 0.251 e. The number of ether oxygens (including phenoxy) is 2. The summed E-state index contributed by atoms with van der Waals surface area (Å²) >= 11 is 0. The van der Waals surface area contributed by atoms with Crippen LogP contribution < -0.4 is 25.4 Å². The maximum atomic E-state index is 14.6. The largest absolute Gasteiger partial charge is 0.491 e. The van der Waals surface area contributed by atoms with E-state index in [4.69, 9.17) is 9.47 Å². The highest BCUT2D eigenvalue weighted by Crippen LogP contribution is 2.29. The van der Waals surface area contributed by atoms with Gasteiger partial charge < -0.3 is 25.4 Å². The maximum Gasteiger partial charge on any atom is 0.251 e. The van der Waals surface area contributed by atoms with Gasteiger partial charge >= 0.3 is 0 Å². The van der Waals surface area contributed by atoms with Gasteiger partial charge in [0.1, 0.15) is 30.1 Å². The quantitative estimate of drug-likeness (QED) is 0.393. The summed E-state index contributed by atoms with van der Waals surface area (Å²) in [6.45, 7) is 7.08. The van der Waals surface area contributed by atoms with Gasteiger partial charge in [0, 0.05) is 30.6 Å². The summed E-state index contributed by atoms with van der Waals surface area (Å²) in [7, 11) is 0. The lowest BCUT2D eigenvalue weighted by Crippen LogP contribution is -2.34. The Hall–Kier alpha value is -3.53. The highest BCUT2D eigenvalue weighted by Gasteiger charge is 2.27. The molecule has 9 nitrogen and oxygen atoms in total. The number of fused-ring (bicyclic) bond motifs is 1. The Morgan fingerprint density at radius 2 is 2.06 bits per heavy atom. The number of aromatic nitrogens is 3. The van der Waals surface area contributed by atoms with Gasteiger partial charge in [0.2, 0.25) is 0 Å². The van der Waals surface area contributed by atoms with Crippen molar-refractivity contribution in [1.82, 2.24) is 25.6 Å². The topological polar surface area (TPSA) is 106 Å². The van der Waals surface area contributed by atoms with Crippen LogP contribution in [0.5, 0.6) is 11.6 Å². The summed E-state index contributed by atoms with van der Waals surface area (Å²) in [6.07, 6.45) is 10.4. The summed E-state index contributed by atoms with van der Waals surface area (Å²) < 4.78 is 26.0. The van der Waals surface area contributed by atoms with E-state index in [2.05, 4.69) is 49.7 Å². The normalized spacial score (nSPS) is 19.3. The van der Waals surface area contributed by atoms with Crippen LogP contribution in [0, 0.1) is 12.7 Å². The molecule has 3 heterocycles. The molecule has 0 saturated heterocycles. The molecule has 0 saturated carbocycles. The highest BCUT2D eigenvalue weighted by molar-refractivity contribution is 5.64. The maximum absolute atomic E-state index is 14.6. The Morgan fingerprint density at radius 1 is 1.18 bits per heavy atom. The standard InChI is InChI=1S/C23H28FN7O2/c1-14(2)25-6-7-32-17-9-19(24)23(28-11-17)33-16-4-5-20-18(8-16)22(30-13-29-20)31-21-12-26-15(3)10-27-21/h4-5,9-14,16,20,25H,6-8H2,1-3H3,(H,27,31)(H,29,30). The summed E-state index contributed by atoms with van der Waals surface area (Å²) in [4.78, 5) is 17.2. The predicted molar refractivity (Wildman–Crippen MR) is 124 cm³/mol. The number of aliphatic imine (C=N–C) groups is 1. The fourth-order valence-electron chi connectivity index (χ4n) is 3.43. The number of hydrogen-bond acceptors (Lipinski definition) is 9. The first kappa shape index (κ1) is 22.7. The molecule has 0 fully saturated rings. The van der Waals surface area contributed by atoms with Gasteiger partial charge in [-0.1, -0.05) is 19.9 Å². The third-order valence-electron chi connectivity index (χ3n) is 5.05. The molecule has 2 aliphatic rings. The molecule has 1 aliphatic heterocycles. The Bertz CT molecular complexity index is 1050. The molecule has 3 N–H and O–H groups in total. The summed E-state index contributed by atoms with van der Waals surface area (Å²) in [5, 5.41) is 9.61. The number of rotatable bonds is 9. The summed E-state index contributed by atoms with van der Waals surface area (Å²) in [5.41, 5.74) is 1.81. The first-order valence-electron chi connectivity index (χ1n) is 10.9. The van der Waals surface area contributed by atoms with Crippen molar-refractivity contribution in [2.45, 2.75) is 45.4 Å². The van der Waals surface area contributed by atoms with Crippen LogP contribution in [0.4, 0.5) is 10.2 Å². The minimum Gasteiger partial charge on any atom is -0.491 e. The molecule has 2 unspecified atom stereocenters. The molecule has 0 bridgehead atoms. The van der Waals surface area contributed by atoms with E-state index in [1.807, 2.05) is 19.1 Å². The first-order chi connectivity index (χ1) is 16.0. The van der Waals surface area contributed by atoms with Gasteiger partial charge in [0.15, 0.2) is 5.82 Å². The van der Waals surface area contributed by atoms with Crippen molar-refractivity contribution in [2.24, 2.45) is 4.99 Å². The van der Waals surface area contributed by atoms with E-state index < -0.39 is 11.9 Å². The fourth-order valence-corrected chi connectivity index (χ4v) is 3.43. The van der Waals surface area contributed by atoms with Gasteiger partial charge in [-0.3, -0.25) is 9.98 Å². The van der Waals surface area contributed by atoms with E-state index in [0.717, 1.165) is 17.1 Å². The molecule has 0 spiro atoms. The van der Waals surface area contributed by atoms with Crippen LogP contribution in [0.25, 0.3) is 0 Å². The van der Waals surface area contributed by atoms with Gasteiger partial charge in [0.25, 0.3) is 5.88 Å². The van der Waals surface area contributed by atoms with Gasteiger partial charge in [-0.05, 0) is 13.0 Å². The van der Waals surface area contributed by atoms with E-state index >= 15 is 0 Å². The van der Waals surface area contributed by atoms with Crippen molar-refractivity contribution in [3.8, 4) is 11.6 Å². The predicted octanol–water partition coefficient (Wildman–Crippen LogP) is 2.73. The second kappa shape index (κ2) is 10.4. The van der Waals surface area contributed by atoms with Crippen molar-refractivity contribution >= 4 is 12.2 Å². The SMILES string of the molecule is Cc1cnc(NC2=C3CC(Oc4ncc(OCCNC(C)C)cc4F)C=CC3N=CN2)cn1. The molecule has 0 aromatic carbocycles. The minimum absolute atomic E-state index is 0.0671. The van der Waals surface area contributed by atoms with Gasteiger partial charge in [-0.25, -0.2) is 14.4 Å². The number of pyridine rings is 1. The number of nitrogens with zero attached hydrogens (tertiary/aromatic N) is 4. The molecule has 4 rings (SSSR count). The number of hydrogen-bond donors (Lipinski definition) is 3. The number of halogens is 1. The molecule has 0 amide bonds. The van der Waals surface area contributed by atoms with E-state index in [1.54, 1.807) is 18.7 Å². The second-order valence-electron chi connectivity index (χ2n) is 8.10. The third-order valence-corrected chi connectivity index (χ3v) is 5.05. The highest BCUT2D eigenvalue weighted by atomic mass is 19.1. The van der Waals surface area contributed by atoms with Gasteiger partial charge in [-0.2, -0.15) is 0 Å². The van der Waals surface area contributed by atoms with Crippen LogP contribution in [-0.4, -0.2) is 52.6 Å². The fraction of sp³-hybridized carbons (Fsp3) is 0.391. The third kappa shape index (κ3) is 6.04. The summed E-state index contributed by atoms with van der Waals surface area (Å²) in [6, 6.07) is 1.53. The molecule has 2 atom stereocenters. The van der Waals surface area contributed by atoms with Gasteiger partial charge in [0.05, 0.1) is 36.7 Å². The Kier molecular flexibility index (Phi) is 7.13. The van der Waals surface area contributed by atoms with E-state index in [-0.39, 0.29) is 11.9 Å². The zero-order chi connectivity index (χ0) is 23.2. The van der Waals surface area contributed by atoms with Crippen LogP contribution in [0.3, 0.4) is 0 Å². The van der Waals surface area contributed by atoms with Crippen LogP contribution in [-0.2, 0) is 0 Å². The molecule has 2 aromatic rings. The molecule has 1 aliphatic carbocycles. The number of nitrogens with one attached hydrogen (secondary N) is 3. The zero-order valence-corrected chi connectivity index (χ0v) is 18.9. The monoisotopic (exact) mass is 453 g/mol. The molecule has 0 radical (unpaired) electrons. The molecular formula is C23H28FN7O2. The minimum atomic E-state index is -0.568. The lowest BCUT2D eigenvalue weighted by molar-refractivity contribution is 0.220. The molecule has 33 heavy (non-hydrogen) atoms. The Balaban J connectivity index is 1.41. The Morgan fingerprint density at radius 3 is 2.82 bits per heavy atom. The van der Waals surface area contributed by atoms with E-state index in [1.165, 1.54) is 12.3 Å². The number of aryl methyl sites for hydroxylation is 1. The summed E-state index contributed by atoms with van der Waals surface area (Å²) in [5.74, 6) is 1.11. The molecule has 2 aromatic heterocycles. The molecular weight excluding hydrogens is 425 g/mol. The van der Waals surface area contributed by atoms with Crippen LogP contribution in [0.1, 0.15) is 26.0 Å². The molecule has 10 heteroatoms. The Labute approximate surface area is 192 Å². The van der Waals surface area contributed by atoms with Crippen molar-refractivity contribution < 1.29 is 13.9 Å². The van der Waals surface area contributed by atoms with Crippen molar-refractivity contribution in [3.05, 3.63) is 59.7 Å². The van der Waals surface area contributed by atoms with Crippen molar-refractivity contribution in [3.63, 3.8) is 0 Å².